The van der Waals surface area contributed by atoms with E-state index in [-0.39, 0.29) is 24.1 Å². The third kappa shape index (κ3) is 2.50. The lowest BCUT2D eigenvalue weighted by Gasteiger charge is -2.52. The quantitative estimate of drug-likeness (QED) is 0.844. The lowest BCUT2D eigenvalue weighted by atomic mass is 9.69. The molecule has 1 saturated heterocycles. The molecule has 0 aromatic carbocycles. The van der Waals surface area contributed by atoms with Gasteiger partial charge >= 0.3 is 0 Å². The Morgan fingerprint density at radius 2 is 2.26 bits per heavy atom. The zero-order valence-electron chi connectivity index (χ0n) is 10.1. The van der Waals surface area contributed by atoms with Crippen LogP contribution in [0.5, 0.6) is 0 Å². The minimum absolute atomic E-state index is 0.0677. The number of nitrogens with one attached hydrogen (secondary N) is 1. The molecule has 3 N–H and O–H groups in total. The summed E-state index contributed by atoms with van der Waals surface area (Å²) in [6.45, 7) is 0.691. The predicted octanol–water partition coefficient (Wildman–Crippen LogP) is 1.29. The summed E-state index contributed by atoms with van der Waals surface area (Å²) in [5, 5.41) is 0. The number of thiophene rings is 1. The van der Waals surface area contributed by atoms with Crippen molar-refractivity contribution in [1.29, 1.82) is 0 Å². The summed E-state index contributed by atoms with van der Waals surface area (Å²) in [6.07, 6.45) is 1.96. The Hall–Kier alpha value is 0.01000. The molecule has 0 radical (unpaired) electrons. The summed E-state index contributed by atoms with van der Waals surface area (Å²) >= 11 is 4.45. The van der Waals surface area contributed by atoms with E-state index < -0.39 is 10.0 Å². The van der Waals surface area contributed by atoms with Crippen molar-refractivity contribution in [2.45, 2.75) is 35.2 Å². The summed E-state index contributed by atoms with van der Waals surface area (Å²) in [7, 11) is -3.50. The van der Waals surface area contributed by atoms with Crippen LogP contribution in [0.2, 0.25) is 0 Å². The van der Waals surface area contributed by atoms with Gasteiger partial charge < -0.3 is 10.5 Å². The van der Waals surface area contributed by atoms with Crippen LogP contribution in [0.15, 0.2) is 20.1 Å². The highest BCUT2D eigenvalue weighted by molar-refractivity contribution is 9.11. The van der Waals surface area contributed by atoms with Gasteiger partial charge in [0.1, 0.15) is 4.21 Å². The lowest BCUT2D eigenvalue weighted by Crippen LogP contribution is -2.71. The maximum Gasteiger partial charge on any atom is 0.250 e. The van der Waals surface area contributed by atoms with Crippen LogP contribution in [0, 0.1) is 5.92 Å². The van der Waals surface area contributed by atoms with Crippen molar-refractivity contribution in [1.82, 2.24) is 4.72 Å². The van der Waals surface area contributed by atoms with Gasteiger partial charge in [-0.2, -0.15) is 0 Å². The van der Waals surface area contributed by atoms with Crippen molar-refractivity contribution < 1.29 is 13.2 Å². The number of hydrogen-bond acceptors (Lipinski definition) is 5. The molecule has 106 valence electrons. The van der Waals surface area contributed by atoms with Crippen LogP contribution in [-0.4, -0.2) is 33.2 Å². The van der Waals surface area contributed by atoms with Gasteiger partial charge in [0.2, 0.25) is 10.0 Å². The Labute approximate surface area is 124 Å². The SMILES string of the molecule is NC1C2CCCOC2C1NS(=O)(=O)c1ccc(Br)s1. The van der Waals surface area contributed by atoms with E-state index in [0.29, 0.717) is 10.8 Å². The monoisotopic (exact) mass is 366 g/mol. The van der Waals surface area contributed by atoms with Crippen LogP contribution in [-0.2, 0) is 14.8 Å². The second kappa shape index (κ2) is 5.09. The van der Waals surface area contributed by atoms with Gasteiger partial charge in [-0.25, -0.2) is 13.1 Å². The minimum atomic E-state index is -3.50. The minimum Gasteiger partial charge on any atom is -0.376 e. The third-order valence-electron chi connectivity index (χ3n) is 3.78. The molecular weight excluding hydrogens is 352 g/mol. The highest BCUT2D eigenvalue weighted by atomic mass is 79.9. The molecule has 5 nitrogen and oxygen atoms in total. The molecule has 2 heterocycles. The molecule has 2 fully saturated rings. The van der Waals surface area contributed by atoms with Gasteiger partial charge in [-0.05, 0) is 40.9 Å². The van der Waals surface area contributed by atoms with Crippen LogP contribution >= 0.6 is 27.3 Å². The van der Waals surface area contributed by atoms with Crippen molar-refractivity contribution in [2.24, 2.45) is 11.7 Å². The molecule has 0 bridgehead atoms. The summed E-state index contributed by atoms with van der Waals surface area (Å²) in [6, 6.07) is 2.85. The first kappa shape index (κ1) is 14.0. The molecule has 8 heteroatoms. The van der Waals surface area contributed by atoms with Crippen LogP contribution in [0.25, 0.3) is 0 Å². The van der Waals surface area contributed by atoms with E-state index in [0.717, 1.165) is 16.6 Å². The maximum absolute atomic E-state index is 12.2. The molecule has 2 aliphatic rings. The first-order chi connectivity index (χ1) is 8.99. The second-order valence-corrected chi connectivity index (χ2v) is 9.33. The topological polar surface area (TPSA) is 81.4 Å². The number of rotatable bonds is 3. The summed E-state index contributed by atoms with van der Waals surface area (Å²) in [4.78, 5) is 0. The Morgan fingerprint density at radius 3 is 2.95 bits per heavy atom. The van der Waals surface area contributed by atoms with E-state index >= 15 is 0 Å². The van der Waals surface area contributed by atoms with E-state index in [4.69, 9.17) is 10.5 Å². The molecule has 1 aliphatic carbocycles. The Morgan fingerprint density at radius 1 is 1.47 bits per heavy atom. The van der Waals surface area contributed by atoms with Gasteiger partial charge in [0.25, 0.3) is 0 Å². The molecule has 4 atom stereocenters. The fourth-order valence-corrected chi connectivity index (χ4v) is 6.08. The molecule has 1 aromatic heterocycles. The first-order valence-corrected chi connectivity index (χ1v) is 9.23. The van der Waals surface area contributed by atoms with Crippen molar-refractivity contribution in [3.8, 4) is 0 Å². The highest BCUT2D eigenvalue weighted by Gasteiger charge is 2.52. The van der Waals surface area contributed by atoms with Gasteiger partial charge in [0.05, 0.1) is 15.9 Å². The second-order valence-electron chi connectivity index (χ2n) is 4.92. The molecule has 19 heavy (non-hydrogen) atoms. The molecule has 4 unspecified atom stereocenters. The summed E-state index contributed by atoms with van der Waals surface area (Å²) in [5.41, 5.74) is 6.06. The smallest absolute Gasteiger partial charge is 0.250 e. The van der Waals surface area contributed by atoms with Crippen molar-refractivity contribution in [3.63, 3.8) is 0 Å². The largest absolute Gasteiger partial charge is 0.376 e. The molecule has 1 aromatic rings. The van der Waals surface area contributed by atoms with Crippen LogP contribution in [0.3, 0.4) is 0 Å². The lowest BCUT2D eigenvalue weighted by molar-refractivity contribution is -0.114. The molecule has 1 saturated carbocycles. The van der Waals surface area contributed by atoms with Gasteiger partial charge in [-0.1, -0.05) is 0 Å². The van der Waals surface area contributed by atoms with Crippen molar-refractivity contribution in [3.05, 3.63) is 15.9 Å². The van der Waals surface area contributed by atoms with E-state index in [1.807, 2.05) is 0 Å². The Bertz CT molecular complexity index is 574. The molecule has 3 rings (SSSR count). The first-order valence-electron chi connectivity index (χ1n) is 6.14. The molecular formula is C11H15BrN2O3S2. The number of halogens is 1. The fraction of sp³-hybridized carbons (Fsp3) is 0.636. The zero-order valence-corrected chi connectivity index (χ0v) is 13.3. The van der Waals surface area contributed by atoms with Crippen LogP contribution < -0.4 is 10.5 Å². The van der Waals surface area contributed by atoms with E-state index in [9.17, 15) is 8.42 Å². The molecule has 0 spiro atoms. The summed E-state index contributed by atoms with van der Waals surface area (Å²) in [5.74, 6) is 0.288. The van der Waals surface area contributed by atoms with Gasteiger partial charge in [-0.3, -0.25) is 0 Å². The van der Waals surface area contributed by atoms with Crippen LogP contribution in [0.4, 0.5) is 0 Å². The predicted molar refractivity (Wildman–Crippen MR) is 76.6 cm³/mol. The maximum atomic E-state index is 12.2. The Balaban J connectivity index is 1.74. The average Bonchev–Trinajstić information content (AvgIpc) is 2.83. The van der Waals surface area contributed by atoms with Crippen LogP contribution in [0.1, 0.15) is 12.8 Å². The summed E-state index contributed by atoms with van der Waals surface area (Å²) < 4.78 is 33.9. The van der Waals surface area contributed by atoms with Crippen molar-refractivity contribution >= 4 is 37.3 Å². The van der Waals surface area contributed by atoms with Gasteiger partial charge in [-0.15, -0.1) is 11.3 Å². The number of ether oxygens (including phenoxy) is 1. The normalized spacial score (nSPS) is 34.6. The van der Waals surface area contributed by atoms with Gasteiger partial charge in [0, 0.05) is 18.6 Å². The fourth-order valence-electron chi connectivity index (χ4n) is 2.77. The van der Waals surface area contributed by atoms with Crippen molar-refractivity contribution in [2.75, 3.05) is 6.61 Å². The average molecular weight is 367 g/mol. The third-order valence-corrected chi connectivity index (χ3v) is 7.36. The van der Waals surface area contributed by atoms with E-state index in [1.54, 1.807) is 12.1 Å². The number of nitrogens with two attached hydrogens (primary N) is 1. The number of fused-ring (bicyclic) bond motifs is 1. The highest BCUT2D eigenvalue weighted by Crippen LogP contribution is 2.38. The molecule has 0 amide bonds. The zero-order chi connectivity index (χ0) is 13.6. The van der Waals surface area contributed by atoms with E-state index in [1.165, 1.54) is 11.3 Å². The van der Waals surface area contributed by atoms with E-state index in [2.05, 4.69) is 20.7 Å². The standard InChI is InChI=1S/C11H15BrN2O3S2/c12-7-3-4-8(18-7)19(15,16)14-10-9(13)6-2-1-5-17-11(6)10/h3-4,6,9-11,14H,1-2,5,13H2. The Kier molecular flexibility index (Phi) is 3.74. The number of sulfonamides is 1. The van der Waals surface area contributed by atoms with Gasteiger partial charge in [0.15, 0.2) is 0 Å². The molecule has 1 aliphatic heterocycles. The number of hydrogen-bond donors (Lipinski definition) is 2.